The van der Waals surface area contributed by atoms with Crippen molar-refractivity contribution in [1.29, 1.82) is 5.26 Å². The van der Waals surface area contributed by atoms with Gasteiger partial charge < -0.3 is 0 Å². The van der Waals surface area contributed by atoms with E-state index in [0.717, 1.165) is 32.2 Å². The highest BCUT2D eigenvalue weighted by molar-refractivity contribution is 5.11. The fourth-order valence-electron chi connectivity index (χ4n) is 3.14. The van der Waals surface area contributed by atoms with Crippen LogP contribution in [-0.4, -0.2) is 41.8 Å². The summed E-state index contributed by atoms with van der Waals surface area (Å²) in [4.78, 5) is 1.50. The Morgan fingerprint density at radius 3 is 2.57 bits per heavy atom. The van der Waals surface area contributed by atoms with Crippen molar-refractivity contribution in [3.05, 3.63) is 0 Å². The molecule has 1 fully saturated rings. The smallest absolute Gasteiger partial charge is 0.299 e. The lowest BCUT2D eigenvalue weighted by Gasteiger charge is -2.43. The molecule has 1 rings (SSSR count). The first kappa shape index (κ1) is 18.2. The van der Waals surface area contributed by atoms with Gasteiger partial charge in [-0.3, -0.25) is 10.2 Å². The van der Waals surface area contributed by atoms with E-state index >= 15 is 0 Å². The van der Waals surface area contributed by atoms with Crippen LogP contribution in [0.5, 0.6) is 0 Å². The monoisotopic (exact) mass is 305 g/mol. The van der Waals surface area contributed by atoms with Gasteiger partial charge in [-0.25, -0.2) is 0 Å². The minimum Gasteiger partial charge on any atom is -0.299 e. The van der Waals surface area contributed by atoms with Crippen LogP contribution >= 0.6 is 0 Å². The molecule has 0 aromatic carbocycles. The highest BCUT2D eigenvalue weighted by Crippen LogP contribution is 2.33. The predicted octanol–water partition coefficient (Wildman–Crippen LogP) is 3.46. The maximum atomic E-state index is 12.8. The topological polar surface area (TPSA) is 39.1 Å². The van der Waals surface area contributed by atoms with E-state index in [2.05, 4.69) is 11.4 Å². The van der Waals surface area contributed by atoms with Crippen molar-refractivity contribution < 1.29 is 13.2 Å². The molecule has 0 aromatic heterocycles. The number of rotatable bonds is 6. The molecule has 0 spiro atoms. The summed E-state index contributed by atoms with van der Waals surface area (Å²) in [6.45, 7) is 5.41. The molecule has 0 radical (unpaired) electrons. The SMILES string of the molecule is CCCNC1(C#N)CCCC(N(CC(F)(F)F)C(C)C)C1. The molecule has 1 saturated carbocycles. The molecular weight excluding hydrogens is 279 g/mol. The van der Waals surface area contributed by atoms with Gasteiger partial charge in [-0.2, -0.15) is 18.4 Å². The van der Waals surface area contributed by atoms with E-state index in [1.54, 1.807) is 13.8 Å². The third-order valence-electron chi connectivity index (χ3n) is 4.15. The van der Waals surface area contributed by atoms with Crippen LogP contribution in [0, 0.1) is 11.3 Å². The van der Waals surface area contributed by atoms with Crippen molar-refractivity contribution in [3.63, 3.8) is 0 Å². The van der Waals surface area contributed by atoms with E-state index in [-0.39, 0.29) is 12.1 Å². The zero-order valence-corrected chi connectivity index (χ0v) is 13.1. The Morgan fingerprint density at radius 2 is 2.10 bits per heavy atom. The largest absolute Gasteiger partial charge is 0.401 e. The van der Waals surface area contributed by atoms with E-state index in [9.17, 15) is 18.4 Å². The Hall–Kier alpha value is -0.800. The summed E-state index contributed by atoms with van der Waals surface area (Å²) in [6, 6.07) is 1.95. The van der Waals surface area contributed by atoms with E-state index in [1.165, 1.54) is 4.90 Å². The fraction of sp³-hybridized carbons (Fsp3) is 0.933. The van der Waals surface area contributed by atoms with E-state index in [1.807, 2.05) is 6.92 Å². The van der Waals surface area contributed by atoms with Gasteiger partial charge in [0.1, 0.15) is 5.54 Å². The van der Waals surface area contributed by atoms with Crippen LogP contribution in [0.15, 0.2) is 0 Å². The molecule has 0 saturated heterocycles. The van der Waals surface area contributed by atoms with Crippen LogP contribution in [0.1, 0.15) is 52.9 Å². The van der Waals surface area contributed by atoms with Gasteiger partial charge in [-0.15, -0.1) is 0 Å². The summed E-state index contributed by atoms with van der Waals surface area (Å²) < 4.78 is 38.3. The summed E-state index contributed by atoms with van der Waals surface area (Å²) in [5.74, 6) is 0. The number of nitrogens with one attached hydrogen (secondary N) is 1. The van der Waals surface area contributed by atoms with Crippen molar-refractivity contribution in [1.82, 2.24) is 10.2 Å². The van der Waals surface area contributed by atoms with Crippen LogP contribution in [0.4, 0.5) is 13.2 Å². The number of hydrogen-bond donors (Lipinski definition) is 1. The Morgan fingerprint density at radius 1 is 1.43 bits per heavy atom. The van der Waals surface area contributed by atoms with Crippen LogP contribution in [0.2, 0.25) is 0 Å². The molecule has 2 unspecified atom stereocenters. The standard InChI is InChI=1S/C15H26F3N3/c1-4-8-20-14(10-19)7-5-6-13(9-14)21(12(2)3)11-15(16,17)18/h12-13,20H,4-9,11H2,1-3H3. The molecule has 1 N–H and O–H groups in total. The zero-order chi connectivity index (χ0) is 16.1. The highest BCUT2D eigenvalue weighted by atomic mass is 19.4. The van der Waals surface area contributed by atoms with Crippen molar-refractivity contribution >= 4 is 0 Å². The van der Waals surface area contributed by atoms with Gasteiger partial charge in [0.2, 0.25) is 0 Å². The Bertz CT molecular complexity index is 362. The van der Waals surface area contributed by atoms with Gasteiger partial charge in [0.25, 0.3) is 0 Å². The molecule has 0 heterocycles. The van der Waals surface area contributed by atoms with Gasteiger partial charge in [-0.1, -0.05) is 6.92 Å². The van der Waals surface area contributed by atoms with Crippen LogP contribution < -0.4 is 5.32 Å². The first-order valence-corrected chi connectivity index (χ1v) is 7.72. The number of hydrogen-bond acceptors (Lipinski definition) is 3. The normalized spacial score (nSPS) is 27.1. The number of alkyl halides is 3. The van der Waals surface area contributed by atoms with Crippen LogP contribution in [0.25, 0.3) is 0 Å². The Kier molecular flexibility index (Phi) is 6.48. The molecule has 0 aromatic rings. The van der Waals surface area contributed by atoms with Crippen LogP contribution in [0.3, 0.4) is 0 Å². The van der Waals surface area contributed by atoms with Gasteiger partial charge in [0, 0.05) is 12.1 Å². The predicted molar refractivity (Wildman–Crippen MR) is 76.8 cm³/mol. The average molecular weight is 305 g/mol. The number of nitriles is 1. The van der Waals surface area contributed by atoms with Gasteiger partial charge in [0.15, 0.2) is 0 Å². The molecule has 1 aliphatic carbocycles. The lowest BCUT2D eigenvalue weighted by molar-refractivity contribution is -0.157. The highest BCUT2D eigenvalue weighted by Gasteiger charge is 2.42. The quantitative estimate of drug-likeness (QED) is 0.817. The minimum absolute atomic E-state index is 0.183. The Balaban J connectivity index is 2.82. The molecule has 21 heavy (non-hydrogen) atoms. The third kappa shape index (κ3) is 5.48. The molecule has 0 amide bonds. The van der Waals surface area contributed by atoms with E-state index in [0.29, 0.717) is 6.42 Å². The van der Waals surface area contributed by atoms with E-state index in [4.69, 9.17) is 0 Å². The first-order chi connectivity index (χ1) is 9.73. The summed E-state index contributed by atoms with van der Waals surface area (Å²) in [6.07, 6.45) is -0.588. The molecule has 0 bridgehead atoms. The molecule has 3 nitrogen and oxygen atoms in total. The second-order valence-electron chi connectivity index (χ2n) is 6.25. The van der Waals surface area contributed by atoms with Gasteiger partial charge in [-0.05, 0) is 52.5 Å². The second kappa shape index (κ2) is 7.46. The maximum absolute atomic E-state index is 12.8. The second-order valence-corrected chi connectivity index (χ2v) is 6.25. The maximum Gasteiger partial charge on any atom is 0.401 e. The molecule has 0 aliphatic heterocycles. The molecule has 6 heteroatoms. The summed E-state index contributed by atoms with van der Waals surface area (Å²) in [5, 5.41) is 12.7. The summed E-state index contributed by atoms with van der Waals surface area (Å²) in [7, 11) is 0. The fourth-order valence-corrected chi connectivity index (χ4v) is 3.14. The number of halogens is 3. The zero-order valence-electron chi connectivity index (χ0n) is 13.1. The lowest BCUT2D eigenvalue weighted by Crippen LogP contribution is -2.55. The summed E-state index contributed by atoms with van der Waals surface area (Å²) >= 11 is 0. The van der Waals surface area contributed by atoms with Gasteiger partial charge in [0.05, 0.1) is 12.6 Å². The van der Waals surface area contributed by atoms with Crippen molar-refractivity contribution in [2.24, 2.45) is 0 Å². The van der Waals surface area contributed by atoms with Crippen LogP contribution in [-0.2, 0) is 0 Å². The van der Waals surface area contributed by atoms with Crippen molar-refractivity contribution in [2.75, 3.05) is 13.1 Å². The third-order valence-corrected chi connectivity index (χ3v) is 4.15. The average Bonchev–Trinajstić information content (AvgIpc) is 2.41. The molecule has 122 valence electrons. The van der Waals surface area contributed by atoms with Crippen molar-refractivity contribution in [2.45, 2.75) is 76.7 Å². The first-order valence-electron chi connectivity index (χ1n) is 7.72. The van der Waals surface area contributed by atoms with E-state index < -0.39 is 18.3 Å². The molecular formula is C15H26F3N3. The van der Waals surface area contributed by atoms with Crippen molar-refractivity contribution in [3.8, 4) is 6.07 Å². The minimum atomic E-state index is -4.20. The molecule has 1 aliphatic rings. The van der Waals surface area contributed by atoms with Gasteiger partial charge >= 0.3 is 6.18 Å². The number of nitrogens with zero attached hydrogens (tertiary/aromatic N) is 2. The Labute approximate surface area is 125 Å². The summed E-state index contributed by atoms with van der Waals surface area (Å²) in [5.41, 5.74) is -0.669. The lowest BCUT2D eigenvalue weighted by atomic mass is 9.79. The molecule has 2 atom stereocenters.